The topological polar surface area (TPSA) is 185 Å². The number of hydrogen-bond acceptors (Lipinski definition) is 10. The van der Waals surface area contributed by atoms with Gasteiger partial charge in [0.2, 0.25) is 6.61 Å². The number of carbonyl (C=O) groups excluding carboxylic acids is 2. The van der Waals surface area contributed by atoms with Gasteiger partial charge >= 0.3 is 11.9 Å². The van der Waals surface area contributed by atoms with Gasteiger partial charge in [0.1, 0.15) is 22.8 Å². The molecular weight excluding hydrogens is 474 g/mol. The Morgan fingerprint density at radius 2 is 2.19 bits per heavy atom. The summed E-state index contributed by atoms with van der Waals surface area (Å²) in [6, 6.07) is -1.03. The van der Waals surface area contributed by atoms with Gasteiger partial charge in [-0.2, -0.15) is 0 Å². The number of anilines is 1. The van der Waals surface area contributed by atoms with Crippen LogP contribution in [0.15, 0.2) is 33.4 Å². The van der Waals surface area contributed by atoms with Crippen molar-refractivity contribution >= 4 is 69.3 Å². The van der Waals surface area contributed by atoms with Gasteiger partial charge < -0.3 is 26.1 Å². The van der Waals surface area contributed by atoms with E-state index in [0.29, 0.717) is 5.57 Å². The molecule has 1 fully saturated rings. The number of nitrogen functional groups attached to an aromatic ring is 1. The Morgan fingerprint density at radius 1 is 1.45 bits per heavy atom. The second kappa shape index (κ2) is 9.36. The maximum absolute atomic E-state index is 12.8. The summed E-state index contributed by atoms with van der Waals surface area (Å²) in [5.74, 6) is -3.83. The number of halogens is 1. The molecule has 0 saturated carbocycles. The fourth-order valence-corrected chi connectivity index (χ4v) is 4.83. The summed E-state index contributed by atoms with van der Waals surface area (Å²) >= 11 is 7.81. The molecule has 1 unspecified atom stereocenters. The van der Waals surface area contributed by atoms with Gasteiger partial charge in [-0.1, -0.05) is 16.8 Å². The van der Waals surface area contributed by atoms with Crippen LogP contribution >= 0.6 is 34.7 Å². The van der Waals surface area contributed by atoms with Gasteiger partial charge in [0.05, 0.1) is 0 Å². The monoisotopic (exact) mass is 487 g/mol. The van der Waals surface area contributed by atoms with Crippen molar-refractivity contribution in [3.8, 4) is 0 Å². The zero-order chi connectivity index (χ0) is 22.7. The van der Waals surface area contributed by atoms with Crippen LogP contribution in [0.1, 0.15) is 5.69 Å². The number of β-lactam (4-membered cyclic amide) rings is 1. The molecule has 2 aliphatic heterocycles. The van der Waals surface area contributed by atoms with E-state index in [0.717, 1.165) is 21.8 Å². The molecule has 3 heterocycles. The van der Waals surface area contributed by atoms with Crippen molar-refractivity contribution in [2.75, 3.05) is 18.1 Å². The van der Waals surface area contributed by atoms with Crippen molar-refractivity contribution in [1.82, 2.24) is 15.2 Å². The molecule has 0 radical (unpaired) electrons. The van der Waals surface area contributed by atoms with Gasteiger partial charge in [0.25, 0.3) is 11.8 Å². The third-order valence-corrected chi connectivity index (χ3v) is 6.18. The van der Waals surface area contributed by atoms with Crippen LogP contribution in [-0.4, -0.2) is 73.3 Å². The number of carboxylic acids is 2. The highest BCUT2D eigenvalue weighted by Crippen LogP contribution is 2.40. The lowest BCUT2D eigenvalue weighted by molar-refractivity contribution is -0.150. The van der Waals surface area contributed by atoms with Gasteiger partial charge in [0, 0.05) is 16.7 Å². The Bertz CT molecular complexity index is 1040. The first-order valence-corrected chi connectivity index (χ1v) is 10.7. The van der Waals surface area contributed by atoms with Crippen molar-refractivity contribution < 1.29 is 34.2 Å². The molecule has 1 aromatic heterocycles. The molecule has 1 aromatic rings. The Morgan fingerprint density at radius 3 is 2.77 bits per heavy atom. The Balaban J connectivity index is 1.80. The normalized spacial score (nSPS) is 21.0. The highest BCUT2D eigenvalue weighted by atomic mass is 35.5. The molecule has 2 amide bonds. The summed E-state index contributed by atoms with van der Waals surface area (Å²) in [5, 5.41) is 25.1. The molecule has 2 atom stereocenters. The Kier molecular flexibility index (Phi) is 6.82. The lowest BCUT2D eigenvalue weighted by atomic mass is 10.0. The van der Waals surface area contributed by atoms with Gasteiger partial charge in [-0.25, -0.2) is 14.6 Å². The molecule has 0 bridgehead atoms. The molecule has 0 spiro atoms. The number of hydrogen-bond donors (Lipinski definition) is 4. The van der Waals surface area contributed by atoms with Crippen molar-refractivity contribution in [1.29, 1.82) is 0 Å². The van der Waals surface area contributed by atoms with E-state index in [9.17, 15) is 24.3 Å². The Hall–Kier alpha value is -3.10. The number of carboxylic acid groups (broad SMARTS) is 2. The van der Waals surface area contributed by atoms with E-state index in [4.69, 9.17) is 22.4 Å². The van der Waals surface area contributed by atoms with Gasteiger partial charge in [-0.15, -0.1) is 23.1 Å². The second-order valence-corrected chi connectivity index (χ2v) is 8.26. The van der Waals surface area contributed by atoms with Gasteiger partial charge in [-0.3, -0.25) is 14.5 Å². The molecule has 2 aliphatic rings. The Labute approximate surface area is 187 Å². The van der Waals surface area contributed by atoms with E-state index in [1.165, 1.54) is 23.2 Å². The van der Waals surface area contributed by atoms with E-state index in [-0.39, 0.29) is 28.0 Å². The lowest BCUT2D eigenvalue weighted by Crippen LogP contribution is -2.71. The number of thiazole rings is 1. The zero-order valence-corrected chi connectivity index (χ0v) is 17.7. The molecule has 0 aliphatic carbocycles. The maximum atomic E-state index is 12.8. The number of aliphatic carboxylic acids is 2. The molecule has 12 nitrogen and oxygen atoms in total. The number of oxime groups is 1. The molecule has 0 aromatic carbocycles. The van der Waals surface area contributed by atoms with Crippen molar-refractivity contribution in [2.24, 2.45) is 5.16 Å². The first-order valence-electron chi connectivity index (χ1n) is 8.36. The van der Waals surface area contributed by atoms with Crippen LogP contribution in [0.4, 0.5) is 5.13 Å². The number of carbonyl (C=O) groups is 4. The summed E-state index contributed by atoms with van der Waals surface area (Å²) in [6.45, 7) is -0.797. The zero-order valence-electron chi connectivity index (χ0n) is 15.4. The van der Waals surface area contributed by atoms with Gasteiger partial charge in [-0.05, 0) is 11.6 Å². The summed E-state index contributed by atoms with van der Waals surface area (Å²) in [5.41, 5.74) is 6.54. The van der Waals surface area contributed by atoms with Crippen LogP contribution in [0.5, 0.6) is 0 Å². The van der Waals surface area contributed by atoms with Crippen LogP contribution in [0.25, 0.3) is 0 Å². The largest absolute Gasteiger partial charge is 0.479 e. The summed E-state index contributed by atoms with van der Waals surface area (Å²) in [4.78, 5) is 57.3. The summed E-state index contributed by atoms with van der Waals surface area (Å²) in [7, 11) is 0. The third kappa shape index (κ3) is 4.65. The van der Waals surface area contributed by atoms with Crippen molar-refractivity contribution in [3.05, 3.63) is 34.0 Å². The number of allylic oxidation sites excluding steroid dienone is 1. The molecule has 15 heteroatoms. The average Bonchev–Trinajstić information content (AvgIpc) is 3.14. The van der Waals surface area contributed by atoms with Crippen LogP contribution in [-0.2, 0) is 24.0 Å². The number of amides is 2. The van der Waals surface area contributed by atoms with Crippen LogP contribution < -0.4 is 11.1 Å². The van der Waals surface area contributed by atoms with Crippen LogP contribution in [0.2, 0.25) is 0 Å². The van der Waals surface area contributed by atoms with E-state index in [1.807, 2.05) is 0 Å². The maximum Gasteiger partial charge on any atom is 0.352 e. The van der Waals surface area contributed by atoms with E-state index in [1.54, 1.807) is 0 Å². The summed E-state index contributed by atoms with van der Waals surface area (Å²) in [6.07, 6.45) is 1.39. The SMILES string of the molecule is Nc1nc(C(=NOCC(=O)O)C(=O)NC2C(=O)N3C(C(=O)O)=C(/C=C/Cl)CS[C@H]23)cs1. The lowest BCUT2D eigenvalue weighted by Gasteiger charge is -2.49. The minimum atomic E-state index is -1.31. The fraction of sp³-hybridized carbons (Fsp3) is 0.250. The second-order valence-electron chi connectivity index (χ2n) is 6.01. The number of nitrogens with one attached hydrogen (secondary N) is 1. The molecular formula is C16H14ClN5O7S2. The number of nitrogens with two attached hydrogens (primary N) is 1. The highest BCUT2D eigenvalue weighted by molar-refractivity contribution is 8.00. The fourth-order valence-electron chi connectivity index (χ4n) is 2.81. The van der Waals surface area contributed by atoms with E-state index >= 15 is 0 Å². The number of fused-ring (bicyclic) bond motifs is 1. The van der Waals surface area contributed by atoms with Crippen molar-refractivity contribution in [3.63, 3.8) is 0 Å². The first-order chi connectivity index (χ1) is 14.7. The molecule has 164 valence electrons. The van der Waals surface area contributed by atoms with E-state index in [2.05, 4.69) is 20.3 Å². The van der Waals surface area contributed by atoms with Crippen LogP contribution in [0, 0.1) is 0 Å². The molecule has 5 N–H and O–H groups in total. The quantitative estimate of drug-likeness (QED) is 0.221. The summed E-state index contributed by atoms with van der Waals surface area (Å²) < 4.78 is 0. The predicted molar refractivity (Wildman–Crippen MR) is 111 cm³/mol. The number of thioether (sulfide) groups is 1. The average molecular weight is 488 g/mol. The smallest absolute Gasteiger partial charge is 0.352 e. The molecule has 31 heavy (non-hydrogen) atoms. The minimum absolute atomic E-state index is 0.0333. The number of nitrogens with zero attached hydrogens (tertiary/aromatic N) is 3. The number of rotatable bonds is 8. The van der Waals surface area contributed by atoms with Crippen molar-refractivity contribution in [2.45, 2.75) is 11.4 Å². The molecule has 1 saturated heterocycles. The minimum Gasteiger partial charge on any atom is -0.479 e. The first kappa shape index (κ1) is 22.6. The highest BCUT2D eigenvalue weighted by Gasteiger charge is 2.54. The number of aromatic nitrogens is 1. The third-order valence-electron chi connectivity index (χ3n) is 4.07. The predicted octanol–water partition coefficient (Wildman–Crippen LogP) is 0.0217. The van der Waals surface area contributed by atoms with E-state index < -0.39 is 41.8 Å². The standard InChI is InChI=1S/C16H14ClN5O7S2/c17-2-1-6-4-30-14-10(13(26)22(14)11(6)15(27)28)20-12(25)9(21-29-3-8(23)24)7-5-31-16(18)19-7/h1-2,5,10,14H,3-4H2,(H2,18,19)(H,20,25)(H,23,24)(H,27,28)/b2-1+,21-9?/t10?,14-/m1/s1. The molecule has 3 rings (SSSR count). The van der Waals surface area contributed by atoms with Crippen LogP contribution in [0.3, 0.4) is 0 Å². The van der Waals surface area contributed by atoms with Gasteiger partial charge in [0.15, 0.2) is 10.8 Å².